The molecule has 0 aliphatic heterocycles. The van der Waals surface area contributed by atoms with Crippen molar-refractivity contribution >= 4 is 21.9 Å². The van der Waals surface area contributed by atoms with Crippen molar-refractivity contribution in [3.63, 3.8) is 0 Å². The Morgan fingerprint density at radius 3 is 2.31 bits per heavy atom. The van der Waals surface area contributed by atoms with E-state index in [-0.39, 0.29) is 0 Å². The van der Waals surface area contributed by atoms with E-state index in [1.54, 1.807) is 0 Å². The molecule has 0 fully saturated rings. The Balaban J connectivity index is 1.87. The number of rotatable bonds is 6. The average Bonchev–Trinajstić information content (AvgIpc) is 3.39. The fourth-order valence-corrected chi connectivity index (χ4v) is 4.75. The first-order valence-electron chi connectivity index (χ1n) is 11.6. The normalized spacial score (nSPS) is 11.9. The van der Waals surface area contributed by atoms with Crippen LogP contribution in [0.25, 0.3) is 39.0 Å². The molecule has 0 saturated carbocycles. The van der Waals surface area contributed by atoms with Crippen molar-refractivity contribution in [3.8, 4) is 17.1 Å². The van der Waals surface area contributed by atoms with E-state index in [1.807, 2.05) is 18.3 Å². The van der Waals surface area contributed by atoms with Gasteiger partial charge in [-0.15, -0.1) is 0 Å². The zero-order valence-corrected chi connectivity index (χ0v) is 19.3. The van der Waals surface area contributed by atoms with E-state index in [1.165, 1.54) is 27.6 Å². The van der Waals surface area contributed by atoms with Crippen LogP contribution in [0.3, 0.4) is 0 Å². The molecule has 2 aromatic heterocycles. The number of furan rings is 1. The summed E-state index contributed by atoms with van der Waals surface area (Å²) in [5, 5.41) is 2.41. The van der Waals surface area contributed by atoms with Crippen LogP contribution in [-0.4, -0.2) is 9.55 Å². The van der Waals surface area contributed by atoms with Crippen LogP contribution in [0, 0.1) is 11.8 Å². The first kappa shape index (κ1) is 20.6. The van der Waals surface area contributed by atoms with Crippen LogP contribution in [-0.2, 0) is 12.8 Å². The lowest BCUT2D eigenvalue weighted by molar-refractivity contribution is 0.615. The van der Waals surface area contributed by atoms with Gasteiger partial charge >= 0.3 is 0 Å². The lowest BCUT2D eigenvalue weighted by Crippen LogP contribution is -2.10. The number of imidazole rings is 1. The second-order valence-electron chi connectivity index (χ2n) is 9.52. The highest BCUT2D eigenvalue weighted by molar-refractivity contribution is 6.07. The Bertz CT molecular complexity index is 1370. The maximum Gasteiger partial charge on any atom is 0.144 e. The van der Waals surface area contributed by atoms with Gasteiger partial charge in [-0.1, -0.05) is 76.2 Å². The Morgan fingerprint density at radius 2 is 1.56 bits per heavy atom. The molecule has 3 aromatic carbocycles. The highest BCUT2D eigenvalue weighted by atomic mass is 16.3. The molecule has 0 aliphatic rings. The molecular weight excluding hydrogens is 392 g/mol. The number of fused-ring (bicyclic) bond motifs is 3. The van der Waals surface area contributed by atoms with Crippen LogP contribution >= 0.6 is 0 Å². The molecule has 5 aromatic rings. The van der Waals surface area contributed by atoms with Gasteiger partial charge in [0.1, 0.15) is 17.0 Å². The quantitative estimate of drug-likeness (QED) is 0.279. The zero-order valence-electron chi connectivity index (χ0n) is 19.3. The molecule has 32 heavy (non-hydrogen) atoms. The molecule has 5 rings (SSSR count). The Labute approximate surface area is 189 Å². The van der Waals surface area contributed by atoms with Gasteiger partial charge < -0.3 is 4.42 Å². The van der Waals surface area contributed by atoms with Crippen LogP contribution < -0.4 is 0 Å². The Hall–Kier alpha value is -3.33. The summed E-state index contributed by atoms with van der Waals surface area (Å²) < 4.78 is 8.77. The summed E-state index contributed by atoms with van der Waals surface area (Å²) in [6, 6.07) is 21.2. The molecule has 0 atom stereocenters. The minimum Gasteiger partial charge on any atom is -0.456 e. The van der Waals surface area contributed by atoms with Crippen molar-refractivity contribution in [2.45, 2.75) is 40.5 Å². The number of aromatic nitrogens is 2. The number of benzene rings is 3. The second-order valence-corrected chi connectivity index (χ2v) is 9.52. The third-order valence-corrected chi connectivity index (χ3v) is 5.97. The molecule has 0 radical (unpaired) electrons. The van der Waals surface area contributed by atoms with Gasteiger partial charge in [0.25, 0.3) is 0 Å². The molecule has 0 amide bonds. The molecule has 2 heterocycles. The van der Waals surface area contributed by atoms with E-state index in [4.69, 9.17) is 9.40 Å². The van der Waals surface area contributed by atoms with Crippen LogP contribution in [0.4, 0.5) is 0 Å². The lowest BCUT2D eigenvalue weighted by atomic mass is 9.91. The van der Waals surface area contributed by atoms with E-state index < -0.39 is 0 Å². The van der Waals surface area contributed by atoms with Gasteiger partial charge in [-0.3, -0.25) is 4.57 Å². The number of nitrogens with zero attached hydrogens (tertiary/aromatic N) is 2. The van der Waals surface area contributed by atoms with Crippen molar-refractivity contribution in [3.05, 3.63) is 84.2 Å². The number of hydrogen-bond donors (Lipinski definition) is 0. The van der Waals surface area contributed by atoms with Gasteiger partial charge in [0, 0.05) is 34.3 Å². The maximum absolute atomic E-state index is 6.49. The van der Waals surface area contributed by atoms with Gasteiger partial charge in [-0.25, -0.2) is 4.98 Å². The number of hydrogen-bond acceptors (Lipinski definition) is 2. The largest absolute Gasteiger partial charge is 0.456 e. The van der Waals surface area contributed by atoms with E-state index in [9.17, 15) is 0 Å². The van der Waals surface area contributed by atoms with Crippen LogP contribution in [0.2, 0.25) is 0 Å². The summed E-state index contributed by atoms with van der Waals surface area (Å²) in [6.45, 7) is 9.13. The summed E-state index contributed by atoms with van der Waals surface area (Å²) >= 11 is 0. The lowest BCUT2D eigenvalue weighted by Gasteiger charge is -2.21. The van der Waals surface area contributed by atoms with Crippen LogP contribution in [0.15, 0.2) is 77.5 Å². The third-order valence-electron chi connectivity index (χ3n) is 5.97. The molecule has 0 aliphatic carbocycles. The minimum atomic E-state index is 0.503. The van der Waals surface area contributed by atoms with E-state index in [0.717, 1.165) is 35.4 Å². The standard InChI is InChI=1S/C29H30N2O/c1-19(2)16-22-18-24-23-12-8-9-13-26(23)32-28(24)25(17-20(3)4)27(22)31-15-14-30-29(31)21-10-6-5-7-11-21/h5-15,18-20H,16-17H2,1-4H3. The fraction of sp³-hybridized carbons (Fsp3) is 0.276. The van der Waals surface area contributed by atoms with Gasteiger partial charge in [0.15, 0.2) is 0 Å². The Kier molecular flexibility index (Phi) is 5.34. The summed E-state index contributed by atoms with van der Waals surface area (Å²) in [5.41, 5.74) is 6.94. The topological polar surface area (TPSA) is 31.0 Å². The van der Waals surface area contributed by atoms with Crippen LogP contribution in [0.1, 0.15) is 38.8 Å². The summed E-state index contributed by atoms with van der Waals surface area (Å²) in [7, 11) is 0. The predicted octanol–water partition coefficient (Wildman–Crippen LogP) is 7.84. The number of para-hydroxylation sites is 1. The van der Waals surface area contributed by atoms with Gasteiger partial charge in [0.2, 0.25) is 0 Å². The maximum atomic E-state index is 6.49. The van der Waals surface area contributed by atoms with Crippen molar-refractivity contribution in [2.24, 2.45) is 11.8 Å². The van der Waals surface area contributed by atoms with Crippen molar-refractivity contribution in [2.75, 3.05) is 0 Å². The van der Waals surface area contributed by atoms with Gasteiger partial charge in [-0.2, -0.15) is 0 Å². The molecule has 3 nitrogen and oxygen atoms in total. The monoisotopic (exact) mass is 422 g/mol. The summed E-state index contributed by atoms with van der Waals surface area (Å²) in [4.78, 5) is 4.76. The first-order valence-corrected chi connectivity index (χ1v) is 11.6. The fourth-order valence-electron chi connectivity index (χ4n) is 4.75. The van der Waals surface area contributed by atoms with E-state index >= 15 is 0 Å². The first-order chi connectivity index (χ1) is 15.5. The average molecular weight is 423 g/mol. The minimum absolute atomic E-state index is 0.503. The second kappa shape index (κ2) is 8.31. The van der Waals surface area contributed by atoms with Crippen molar-refractivity contribution in [1.29, 1.82) is 0 Å². The molecule has 0 spiro atoms. The molecule has 0 N–H and O–H groups in total. The van der Waals surface area contributed by atoms with Crippen molar-refractivity contribution < 1.29 is 4.42 Å². The molecule has 0 saturated heterocycles. The molecule has 3 heteroatoms. The highest BCUT2D eigenvalue weighted by Gasteiger charge is 2.23. The molecular formula is C29H30N2O. The van der Waals surface area contributed by atoms with Gasteiger partial charge in [0.05, 0.1) is 5.69 Å². The van der Waals surface area contributed by atoms with Crippen molar-refractivity contribution in [1.82, 2.24) is 9.55 Å². The SMILES string of the molecule is CC(C)Cc1cc2c(oc3ccccc32)c(CC(C)C)c1-n1ccnc1-c1ccccc1. The van der Waals surface area contributed by atoms with Crippen LogP contribution in [0.5, 0.6) is 0 Å². The highest BCUT2D eigenvalue weighted by Crippen LogP contribution is 2.39. The predicted molar refractivity (Wildman–Crippen MR) is 133 cm³/mol. The van der Waals surface area contributed by atoms with Gasteiger partial charge in [-0.05, 0) is 42.4 Å². The molecule has 162 valence electrons. The Morgan fingerprint density at radius 1 is 0.844 bits per heavy atom. The molecule has 0 unspecified atom stereocenters. The van der Waals surface area contributed by atoms with E-state index in [0.29, 0.717) is 11.8 Å². The summed E-state index contributed by atoms with van der Waals surface area (Å²) in [6.07, 6.45) is 5.95. The molecule has 0 bridgehead atoms. The van der Waals surface area contributed by atoms with E-state index in [2.05, 4.69) is 87.0 Å². The zero-order chi connectivity index (χ0) is 22.2. The smallest absolute Gasteiger partial charge is 0.144 e. The third kappa shape index (κ3) is 3.62. The summed E-state index contributed by atoms with van der Waals surface area (Å²) in [5.74, 6) is 2.01.